The van der Waals surface area contributed by atoms with Crippen molar-refractivity contribution in [3.8, 4) is 5.75 Å². The first kappa shape index (κ1) is 13.5. The molecule has 1 amide bonds. The van der Waals surface area contributed by atoms with Gasteiger partial charge in [0.1, 0.15) is 11.5 Å². The molecule has 1 aromatic rings. The van der Waals surface area contributed by atoms with E-state index in [1.165, 1.54) is 17.0 Å². The van der Waals surface area contributed by atoms with Gasteiger partial charge < -0.3 is 10.0 Å². The second kappa shape index (κ2) is 5.18. The molecule has 0 aliphatic carbocycles. The van der Waals surface area contributed by atoms with Crippen LogP contribution in [0.5, 0.6) is 5.75 Å². The average molecular weight is 257 g/mol. The number of nitrogens with zero attached hydrogens (tertiary/aromatic N) is 1. The Kier molecular flexibility index (Phi) is 4.11. The van der Waals surface area contributed by atoms with Gasteiger partial charge in [0.25, 0.3) is 0 Å². The van der Waals surface area contributed by atoms with Crippen LogP contribution in [-0.4, -0.2) is 38.0 Å². The summed E-state index contributed by atoms with van der Waals surface area (Å²) in [6, 6.07) is 6.15. The van der Waals surface area contributed by atoms with Gasteiger partial charge in [-0.3, -0.25) is 4.79 Å². The molecule has 1 rings (SSSR count). The number of benzene rings is 1. The van der Waals surface area contributed by atoms with Crippen LogP contribution in [0.4, 0.5) is 5.69 Å². The largest absolute Gasteiger partial charge is 0.508 e. The first-order chi connectivity index (χ1) is 7.83. The van der Waals surface area contributed by atoms with E-state index in [2.05, 4.69) is 0 Å². The van der Waals surface area contributed by atoms with Crippen LogP contribution in [0.2, 0.25) is 0 Å². The third kappa shape index (κ3) is 4.07. The fourth-order valence-corrected chi connectivity index (χ4v) is 2.07. The lowest BCUT2D eigenvalue weighted by molar-refractivity contribution is -0.116. The normalized spacial score (nSPS) is 11.2. The maximum Gasteiger partial charge on any atom is 0.242 e. The SMILES string of the molecule is CCN(C(=O)CS(C)(=O)=O)c1cccc(O)c1. The summed E-state index contributed by atoms with van der Waals surface area (Å²) in [7, 11) is -3.35. The maximum atomic E-state index is 11.8. The van der Waals surface area contributed by atoms with Crippen LogP contribution in [-0.2, 0) is 14.6 Å². The summed E-state index contributed by atoms with van der Waals surface area (Å²) in [5.41, 5.74) is 0.487. The van der Waals surface area contributed by atoms with E-state index in [-0.39, 0.29) is 5.75 Å². The van der Waals surface area contributed by atoms with Crippen LogP contribution in [0.1, 0.15) is 6.92 Å². The van der Waals surface area contributed by atoms with E-state index in [4.69, 9.17) is 0 Å². The summed E-state index contributed by atoms with van der Waals surface area (Å²) in [5.74, 6) is -0.995. The van der Waals surface area contributed by atoms with Gasteiger partial charge in [0.05, 0.1) is 0 Å². The lowest BCUT2D eigenvalue weighted by atomic mass is 10.2. The van der Waals surface area contributed by atoms with Crippen molar-refractivity contribution in [1.29, 1.82) is 0 Å². The number of anilines is 1. The topological polar surface area (TPSA) is 74.7 Å². The molecule has 0 fully saturated rings. The zero-order valence-corrected chi connectivity index (χ0v) is 10.6. The highest BCUT2D eigenvalue weighted by Crippen LogP contribution is 2.20. The van der Waals surface area contributed by atoms with Crippen molar-refractivity contribution in [2.24, 2.45) is 0 Å². The van der Waals surface area contributed by atoms with Crippen LogP contribution in [0.15, 0.2) is 24.3 Å². The number of sulfone groups is 1. The van der Waals surface area contributed by atoms with Crippen molar-refractivity contribution < 1.29 is 18.3 Å². The number of carbonyl (C=O) groups is 1. The van der Waals surface area contributed by atoms with Crippen LogP contribution < -0.4 is 4.90 Å². The number of hydrogen-bond acceptors (Lipinski definition) is 4. The van der Waals surface area contributed by atoms with Gasteiger partial charge in [0.2, 0.25) is 5.91 Å². The first-order valence-corrected chi connectivity index (χ1v) is 7.16. The standard InChI is InChI=1S/C11H15NO4S/c1-3-12(11(14)8-17(2,15)16)9-5-4-6-10(13)7-9/h4-7,13H,3,8H2,1-2H3. The molecule has 6 heteroatoms. The molecule has 94 valence electrons. The summed E-state index contributed by atoms with van der Waals surface area (Å²) >= 11 is 0. The van der Waals surface area contributed by atoms with Crippen molar-refractivity contribution in [1.82, 2.24) is 0 Å². The van der Waals surface area contributed by atoms with Gasteiger partial charge in [-0.1, -0.05) is 6.07 Å². The molecule has 0 saturated heterocycles. The molecule has 17 heavy (non-hydrogen) atoms. The van der Waals surface area contributed by atoms with Crippen molar-refractivity contribution in [3.05, 3.63) is 24.3 Å². The van der Waals surface area contributed by atoms with E-state index in [0.29, 0.717) is 12.2 Å². The summed E-state index contributed by atoms with van der Waals surface area (Å²) in [6.07, 6.45) is 1.02. The molecule has 5 nitrogen and oxygen atoms in total. The molecule has 1 N–H and O–H groups in total. The lowest BCUT2D eigenvalue weighted by Crippen LogP contribution is -2.35. The van der Waals surface area contributed by atoms with Crippen molar-refractivity contribution in [2.75, 3.05) is 23.5 Å². The number of aromatic hydroxyl groups is 1. The predicted molar refractivity (Wildman–Crippen MR) is 65.8 cm³/mol. The maximum absolute atomic E-state index is 11.8. The Labute approximate surface area is 101 Å². The summed E-state index contributed by atoms with van der Waals surface area (Å²) < 4.78 is 22.1. The Morgan fingerprint density at radius 2 is 2.06 bits per heavy atom. The first-order valence-electron chi connectivity index (χ1n) is 5.10. The minimum absolute atomic E-state index is 0.0353. The molecule has 0 aliphatic rings. The molecule has 0 heterocycles. The fourth-order valence-electron chi connectivity index (χ4n) is 1.47. The quantitative estimate of drug-likeness (QED) is 0.865. The Bertz CT molecular complexity index is 510. The third-order valence-corrected chi connectivity index (χ3v) is 2.92. The average Bonchev–Trinajstić information content (AvgIpc) is 2.15. The molecule has 0 atom stereocenters. The second-order valence-corrected chi connectivity index (χ2v) is 5.87. The third-order valence-electron chi connectivity index (χ3n) is 2.14. The zero-order valence-electron chi connectivity index (χ0n) is 9.75. The highest BCUT2D eigenvalue weighted by Gasteiger charge is 2.18. The number of amides is 1. The Morgan fingerprint density at radius 1 is 1.41 bits per heavy atom. The van der Waals surface area contributed by atoms with Gasteiger partial charge in [0, 0.05) is 24.6 Å². The number of carbonyl (C=O) groups excluding carboxylic acids is 1. The van der Waals surface area contributed by atoms with Gasteiger partial charge in [-0.25, -0.2) is 8.42 Å². The van der Waals surface area contributed by atoms with E-state index in [1.807, 2.05) is 0 Å². The summed E-state index contributed by atoms with van der Waals surface area (Å²) in [5, 5.41) is 9.32. The molecular formula is C11H15NO4S. The minimum Gasteiger partial charge on any atom is -0.508 e. The highest BCUT2D eigenvalue weighted by molar-refractivity contribution is 7.91. The van der Waals surface area contributed by atoms with E-state index in [1.54, 1.807) is 19.1 Å². The smallest absolute Gasteiger partial charge is 0.242 e. The van der Waals surface area contributed by atoms with E-state index in [0.717, 1.165) is 6.26 Å². The van der Waals surface area contributed by atoms with E-state index >= 15 is 0 Å². The van der Waals surface area contributed by atoms with Crippen LogP contribution in [0.25, 0.3) is 0 Å². The molecule has 0 aromatic heterocycles. The number of phenolic OH excluding ortho intramolecular Hbond substituents is 1. The minimum atomic E-state index is -3.35. The van der Waals surface area contributed by atoms with E-state index < -0.39 is 21.5 Å². The van der Waals surface area contributed by atoms with Crippen LogP contribution in [0.3, 0.4) is 0 Å². The number of hydrogen-bond donors (Lipinski definition) is 1. The van der Waals surface area contributed by atoms with Gasteiger partial charge in [-0.05, 0) is 19.1 Å². The van der Waals surface area contributed by atoms with E-state index in [9.17, 15) is 18.3 Å². The predicted octanol–water partition coefficient (Wildman–Crippen LogP) is 0.790. The number of phenols is 1. The van der Waals surface area contributed by atoms with Gasteiger partial charge in [0.15, 0.2) is 9.84 Å². The molecule has 0 bridgehead atoms. The van der Waals surface area contributed by atoms with Crippen molar-refractivity contribution >= 4 is 21.4 Å². The lowest BCUT2D eigenvalue weighted by Gasteiger charge is -2.20. The zero-order chi connectivity index (χ0) is 13.1. The molecule has 0 saturated carbocycles. The molecule has 0 radical (unpaired) electrons. The molecule has 1 aromatic carbocycles. The fraction of sp³-hybridized carbons (Fsp3) is 0.364. The monoisotopic (exact) mass is 257 g/mol. The highest BCUT2D eigenvalue weighted by atomic mass is 32.2. The Balaban J connectivity index is 2.96. The van der Waals surface area contributed by atoms with Crippen LogP contribution >= 0.6 is 0 Å². The molecule has 0 unspecified atom stereocenters. The second-order valence-electron chi connectivity index (χ2n) is 3.73. The number of rotatable bonds is 4. The summed E-state index contributed by atoms with van der Waals surface area (Å²) in [4.78, 5) is 13.1. The van der Waals surface area contributed by atoms with Crippen molar-refractivity contribution in [3.63, 3.8) is 0 Å². The van der Waals surface area contributed by atoms with Gasteiger partial charge in [-0.2, -0.15) is 0 Å². The Hall–Kier alpha value is -1.56. The molecule has 0 spiro atoms. The molecular weight excluding hydrogens is 242 g/mol. The van der Waals surface area contributed by atoms with Gasteiger partial charge >= 0.3 is 0 Å². The summed E-state index contributed by atoms with van der Waals surface area (Å²) in [6.45, 7) is 2.09. The molecule has 0 aliphatic heterocycles. The van der Waals surface area contributed by atoms with Crippen molar-refractivity contribution in [2.45, 2.75) is 6.92 Å². The van der Waals surface area contributed by atoms with Crippen LogP contribution in [0, 0.1) is 0 Å². The van der Waals surface area contributed by atoms with Gasteiger partial charge in [-0.15, -0.1) is 0 Å². The Morgan fingerprint density at radius 3 is 2.53 bits per heavy atom.